The van der Waals surface area contributed by atoms with Crippen molar-refractivity contribution in [2.24, 2.45) is 0 Å². The van der Waals surface area contributed by atoms with E-state index in [9.17, 15) is 9.59 Å². The number of aromatic nitrogens is 12. The number of amides is 1. The number of piperidine rings is 2. The van der Waals surface area contributed by atoms with E-state index >= 15 is 0 Å². The summed E-state index contributed by atoms with van der Waals surface area (Å²) in [5, 5.41) is 22.6. The lowest BCUT2D eigenvalue weighted by atomic mass is 10.0. The van der Waals surface area contributed by atoms with E-state index in [1.807, 2.05) is 41.0 Å². The third kappa shape index (κ3) is 12.1. The molecule has 6 aromatic heterocycles. The first kappa shape index (κ1) is 48.6. The summed E-state index contributed by atoms with van der Waals surface area (Å²) in [7, 11) is 7.26. The van der Waals surface area contributed by atoms with Gasteiger partial charge in [0.15, 0.2) is 11.3 Å². The monoisotopic (exact) mass is 951 g/mol. The number of morpholine rings is 2. The molecule has 6 aromatic rings. The molecule has 6 N–H and O–H groups in total. The number of hydrogen-bond acceptors (Lipinski definition) is 21. The average molecular weight is 951 g/mol. The number of nitrogens with two attached hydrogens (primary N) is 2. The summed E-state index contributed by atoms with van der Waals surface area (Å²) >= 11 is 0. The number of fused-ring (bicyclic) bond motifs is 2. The lowest BCUT2D eigenvalue weighted by molar-refractivity contribution is -0.137. The van der Waals surface area contributed by atoms with Crippen molar-refractivity contribution in [1.82, 2.24) is 79.4 Å². The van der Waals surface area contributed by atoms with Gasteiger partial charge in [-0.3, -0.25) is 14.5 Å². The van der Waals surface area contributed by atoms with Gasteiger partial charge in [0.25, 0.3) is 0 Å². The fraction of sp³-hybridized carbons (Fsp3) is 0.545. The molecule has 10 heterocycles. The molecular weight excluding hydrogens is 889 g/mol. The molecule has 0 spiro atoms. The highest BCUT2D eigenvalue weighted by Crippen LogP contribution is 2.33. The van der Waals surface area contributed by atoms with Gasteiger partial charge in [-0.25, -0.2) is 39.3 Å². The molecule has 0 atom stereocenters. The van der Waals surface area contributed by atoms with Gasteiger partial charge in [0.2, 0.25) is 29.7 Å². The second-order valence-corrected chi connectivity index (χ2v) is 17.7. The van der Waals surface area contributed by atoms with Crippen molar-refractivity contribution in [1.29, 1.82) is 0 Å². The maximum Gasteiger partial charge on any atom is 0.317 e. The fourth-order valence-corrected chi connectivity index (χ4v) is 8.59. The Hall–Kier alpha value is -6.80. The molecule has 368 valence electrons. The quantitative estimate of drug-likeness (QED) is 0.147. The first-order valence-corrected chi connectivity index (χ1v) is 23.2. The van der Waals surface area contributed by atoms with Crippen LogP contribution in [0.5, 0.6) is 0 Å². The van der Waals surface area contributed by atoms with E-state index in [4.69, 9.17) is 51.1 Å². The third-order valence-electron chi connectivity index (χ3n) is 12.1. The number of anilines is 4. The number of likely N-dealkylation sites (N-methyl/N-ethyl adjacent to an activating group) is 2. The zero-order valence-electron chi connectivity index (χ0n) is 39.7. The highest BCUT2D eigenvalue weighted by molar-refractivity contribution is 5.92. The van der Waals surface area contributed by atoms with Crippen molar-refractivity contribution in [2.45, 2.75) is 37.8 Å². The Kier molecular flexibility index (Phi) is 15.9. The van der Waals surface area contributed by atoms with Crippen LogP contribution < -0.4 is 26.6 Å². The van der Waals surface area contributed by atoms with Gasteiger partial charge in [-0.2, -0.15) is 20.2 Å². The second kappa shape index (κ2) is 22.5. The summed E-state index contributed by atoms with van der Waals surface area (Å²) in [5.74, 6) is 1.17. The molecule has 4 aliphatic rings. The van der Waals surface area contributed by atoms with E-state index < -0.39 is 5.97 Å². The number of nitrogen functional groups attached to an aromatic ring is 2. The van der Waals surface area contributed by atoms with Gasteiger partial charge in [0.1, 0.15) is 0 Å². The summed E-state index contributed by atoms with van der Waals surface area (Å²) in [6, 6.07) is 0.491. The Bertz CT molecular complexity index is 2630. The summed E-state index contributed by atoms with van der Waals surface area (Å²) in [6.07, 6.45) is 14.2. The minimum absolute atomic E-state index is 0.111. The molecule has 25 heteroatoms. The first-order valence-electron chi connectivity index (χ1n) is 23.2. The number of carbonyl (C=O) groups excluding carboxylic acids is 1. The lowest BCUT2D eigenvalue weighted by Crippen LogP contribution is -2.43. The highest BCUT2D eigenvalue weighted by Gasteiger charge is 2.29. The van der Waals surface area contributed by atoms with Crippen molar-refractivity contribution < 1.29 is 24.2 Å². The molecule has 0 unspecified atom stereocenters. The van der Waals surface area contributed by atoms with Crippen molar-refractivity contribution in [3.8, 4) is 22.5 Å². The van der Waals surface area contributed by atoms with Gasteiger partial charge >= 0.3 is 5.97 Å². The number of carboxylic acids is 1. The number of carboxylic acid groups (broad SMARTS) is 1. The topological polar surface area (TPSA) is 292 Å². The summed E-state index contributed by atoms with van der Waals surface area (Å²) < 4.78 is 15.1. The minimum Gasteiger partial charge on any atom is -0.480 e. The molecule has 0 aromatic carbocycles. The van der Waals surface area contributed by atoms with Gasteiger partial charge in [0, 0.05) is 75.2 Å². The van der Waals surface area contributed by atoms with Gasteiger partial charge in [-0.1, -0.05) is 0 Å². The molecular formula is C44H62N20O5. The normalized spacial score (nSPS) is 17.2. The summed E-state index contributed by atoms with van der Waals surface area (Å²) in [4.78, 5) is 68.1. The number of hydrogen-bond donors (Lipinski definition) is 4. The molecule has 4 aliphatic heterocycles. The molecule has 0 saturated carbocycles. The standard InChI is InChI=1S/C22H30N10O2.C18H23N9O.C4H9NO2/c1-29(2)14-18(33)30-5-3-16(4-6-30)32-20-17(13-26-32)19(15-11-24-21(23)25-12-15)27-22(28-20)31-7-9-34-10-8-31;19-17-21-9-12(10-22-17)15-14-11-23-27(13-1-3-20-4-2-13)16(14)25-18(24-15)26-5-7-28-8-6-26;1-5(2)3-4(6)7/h11-13,16H,3-10,14H2,1-2H3,(H2,23,24,25);9-11,13,20H,1-8H2,(H2,19,21,22);3H2,1-2H3,(H,6,7). The number of rotatable bonds is 10. The van der Waals surface area contributed by atoms with Crippen LogP contribution in [0.4, 0.5) is 23.8 Å². The minimum atomic E-state index is -0.787. The number of nitrogens with one attached hydrogen (secondary N) is 1. The molecule has 25 nitrogen and oxygen atoms in total. The van der Waals surface area contributed by atoms with Crippen LogP contribution in [0.1, 0.15) is 37.8 Å². The average Bonchev–Trinajstić information content (AvgIpc) is 4.00. The Balaban J connectivity index is 0.000000166. The van der Waals surface area contributed by atoms with Crippen LogP contribution in [0.2, 0.25) is 0 Å². The molecule has 10 rings (SSSR count). The molecule has 69 heavy (non-hydrogen) atoms. The van der Waals surface area contributed by atoms with Crippen molar-refractivity contribution >= 4 is 57.7 Å². The number of nitrogens with zero attached hydrogens (tertiary/aromatic N) is 17. The first-order chi connectivity index (χ1) is 33.4. The smallest absolute Gasteiger partial charge is 0.317 e. The second-order valence-electron chi connectivity index (χ2n) is 17.7. The molecule has 4 fully saturated rings. The van der Waals surface area contributed by atoms with E-state index in [1.165, 1.54) is 0 Å². The zero-order valence-corrected chi connectivity index (χ0v) is 39.7. The van der Waals surface area contributed by atoms with Crippen LogP contribution in [-0.4, -0.2) is 211 Å². The molecule has 0 aliphatic carbocycles. The summed E-state index contributed by atoms with van der Waals surface area (Å²) in [6.45, 7) is 9.56. The number of ether oxygens (including phenoxy) is 2. The van der Waals surface area contributed by atoms with Crippen molar-refractivity contribution in [2.75, 3.05) is 141 Å². The molecule has 0 bridgehead atoms. The Morgan fingerprint density at radius 2 is 1.04 bits per heavy atom. The van der Waals surface area contributed by atoms with Crippen LogP contribution in [0.15, 0.2) is 37.2 Å². The van der Waals surface area contributed by atoms with Crippen molar-refractivity contribution in [3.05, 3.63) is 37.2 Å². The van der Waals surface area contributed by atoms with E-state index in [0.29, 0.717) is 64.0 Å². The van der Waals surface area contributed by atoms with Gasteiger partial charge in [0.05, 0.1) is 86.2 Å². The molecule has 0 radical (unpaired) electrons. The zero-order chi connectivity index (χ0) is 48.4. The molecule has 4 saturated heterocycles. The number of carbonyl (C=O) groups is 2. The Morgan fingerprint density at radius 3 is 1.43 bits per heavy atom. The maximum atomic E-state index is 12.5. The fourth-order valence-electron chi connectivity index (χ4n) is 8.59. The molecule has 1 amide bonds. The van der Waals surface area contributed by atoms with Crippen LogP contribution in [0, 0.1) is 0 Å². The number of likely N-dealkylation sites (tertiary alicyclic amines) is 1. The Labute approximate surface area is 399 Å². The van der Waals surface area contributed by atoms with Crippen molar-refractivity contribution in [3.63, 3.8) is 0 Å². The predicted octanol–water partition coefficient (Wildman–Crippen LogP) is 0.686. The van der Waals surface area contributed by atoms with Crippen LogP contribution in [0.3, 0.4) is 0 Å². The number of aliphatic carboxylic acids is 1. The van der Waals surface area contributed by atoms with Crippen LogP contribution >= 0.6 is 0 Å². The third-order valence-corrected chi connectivity index (χ3v) is 12.1. The van der Waals surface area contributed by atoms with E-state index in [2.05, 4.69) is 44.8 Å². The SMILES string of the molecule is CN(C)CC(=O)N1CCC(n2ncc3c(-c4cnc(N)nc4)nc(N4CCOCC4)nc32)CC1.CN(C)CC(=O)O.Nc1ncc(-c2nc(N3CCOCC3)nc3c2cnn3C2CCNCC2)cn1. The van der Waals surface area contributed by atoms with Crippen LogP contribution in [-0.2, 0) is 19.1 Å². The largest absolute Gasteiger partial charge is 0.480 e. The highest BCUT2D eigenvalue weighted by atomic mass is 16.5. The summed E-state index contributed by atoms with van der Waals surface area (Å²) in [5.41, 5.74) is 16.1. The van der Waals surface area contributed by atoms with Gasteiger partial charge in [-0.15, -0.1) is 0 Å². The maximum absolute atomic E-state index is 12.5. The van der Waals surface area contributed by atoms with E-state index in [0.717, 1.165) is 110 Å². The lowest BCUT2D eigenvalue weighted by Gasteiger charge is -2.33. The Morgan fingerprint density at radius 1 is 0.623 bits per heavy atom. The van der Waals surface area contributed by atoms with Crippen LogP contribution in [0.25, 0.3) is 44.6 Å². The van der Waals surface area contributed by atoms with Gasteiger partial charge in [-0.05, 0) is 67.0 Å². The predicted molar refractivity (Wildman–Crippen MR) is 258 cm³/mol. The van der Waals surface area contributed by atoms with E-state index in [1.54, 1.807) is 43.8 Å². The van der Waals surface area contributed by atoms with E-state index in [-0.39, 0.29) is 30.4 Å². The van der Waals surface area contributed by atoms with Gasteiger partial charge < -0.3 is 51.0 Å².